The van der Waals surface area contributed by atoms with Gasteiger partial charge in [0.1, 0.15) is 6.04 Å². The molecule has 7 nitrogen and oxygen atoms in total. The Morgan fingerprint density at radius 3 is 2.67 bits per heavy atom. The Hall–Kier alpha value is -3.04. The van der Waals surface area contributed by atoms with Crippen LogP contribution in [-0.2, 0) is 9.59 Å². The monoisotopic (exact) mass is 521 g/mol. The predicted octanol–water partition coefficient (Wildman–Crippen LogP) is 5.12. The van der Waals surface area contributed by atoms with E-state index in [1.165, 1.54) is 30.6 Å². The summed E-state index contributed by atoms with van der Waals surface area (Å²) in [5, 5.41) is 11.4. The van der Waals surface area contributed by atoms with Crippen LogP contribution in [0.25, 0.3) is 10.8 Å². The average molecular weight is 522 g/mol. The van der Waals surface area contributed by atoms with Crippen molar-refractivity contribution in [3.8, 4) is 0 Å². The van der Waals surface area contributed by atoms with Crippen LogP contribution in [0.3, 0.4) is 0 Å². The van der Waals surface area contributed by atoms with Crippen LogP contribution in [0.2, 0.25) is 0 Å². The number of carbonyl (C=O) groups is 2. The summed E-state index contributed by atoms with van der Waals surface area (Å²) >= 11 is 7.08. The fraction of sp³-hybridized carbons (Fsp3) is 0.407. The normalized spacial score (nSPS) is 17.7. The van der Waals surface area contributed by atoms with Crippen molar-refractivity contribution in [1.29, 1.82) is 0 Å². The smallest absolute Gasteiger partial charge is 0.248 e. The maximum Gasteiger partial charge on any atom is 0.248 e. The summed E-state index contributed by atoms with van der Waals surface area (Å²) in [6, 6.07) is 13.7. The van der Waals surface area contributed by atoms with Crippen LogP contribution in [0.5, 0.6) is 0 Å². The van der Waals surface area contributed by atoms with Crippen LogP contribution in [0.4, 0.5) is 10.8 Å². The molecule has 2 aliphatic rings. The highest BCUT2D eigenvalue weighted by molar-refractivity contribution is 7.80. The molecule has 0 unspecified atom stereocenters. The van der Waals surface area contributed by atoms with E-state index in [1.54, 1.807) is 11.1 Å². The van der Waals surface area contributed by atoms with E-state index in [4.69, 9.17) is 12.2 Å². The van der Waals surface area contributed by atoms with Gasteiger partial charge in [0.2, 0.25) is 11.8 Å². The van der Waals surface area contributed by atoms with Crippen molar-refractivity contribution >= 4 is 62.1 Å². The highest BCUT2D eigenvalue weighted by Gasteiger charge is 2.36. The Morgan fingerprint density at radius 1 is 1.08 bits per heavy atom. The molecule has 1 atom stereocenters. The molecular formula is C27H31N5O2S2. The molecule has 1 saturated heterocycles. The zero-order chi connectivity index (χ0) is 24.9. The number of hydrogen-bond donors (Lipinski definition) is 2. The number of thiazole rings is 1. The van der Waals surface area contributed by atoms with Gasteiger partial charge >= 0.3 is 0 Å². The molecule has 0 radical (unpaired) electrons. The lowest BCUT2D eigenvalue weighted by Gasteiger charge is -2.40. The molecule has 9 heteroatoms. The van der Waals surface area contributed by atoms with E-state index in [2.05, 4.69) is 33.8 Å². The largest absolute Gasteiger partial charge is 0.338 e. The first-order valence-corrected chi connectivity index (χ1v) is 13.9. The van der Waals surface area contributed by atoms with Crippen molar-refractivity contribution in [2.75, 3.05) is 30.3 Å². The molecule has 1 aliphatic heterocycles. The van der Waals surface area contributed by atoms with Crippen molar-refractivity contribution in [3.63, 3.8) is 0 Å². The first-order chi connectivity index (χ1) is 17.6. The third kappa shape index (κ3) is 5.68. The number of nitrogens with one attached hydrogen (secondary N) is 2. The van der Waals surface area contributed by atoms with Gasteiger partial charge in [-0.1, -0.05) is 68.5 Å². The second-order valence-electron chi connectivity index (χ2n) is 9.55. The summed E-state index contributed by atoms with van der Waals surface area (Å²) in [5.74, 6) is 0.248. The Morgan fingerprint density at radius 2 is 1.89 bits per heavy atom. The van der Waals surface area contributed by atoms with Crippen molar-refractivity contribution in [3.05, 3.63) is 54.0 Å². The minimum atomic E-state index is -0.494. The number of carbonyl (C=O) groups excluding carboxylic acids is 2. The summed E-state index contributed by atoms with van der Waals surface area (Å²) in [4.78, 5) is 34.5. The number of hydrogen-bond acceptors (Lipinski definition) is 5. The molecule has 0 bridgehead atoms. The van der Waals surface area contributed by atoms with Gasteiger partial charge in [0.25, 0.3) is 0 Å². The van der Waals surface area contributed by atoms with Crippen LogP contribution in [0.15, 0.2) is 54.0 Å². The molecule has 2 fully saturated rings. The molecule has 2 N–H and O–H groups in total. The number of benzene rings is 2. The zero-order valence-electron chi connectivity index (χ0n) is 20.2. The molecule has 3 aromatic rings. The van der Waals surface area contributed by atoms with Gasteiger partial charge in [-0.05, 0) is 36.0 Å². The van der Waals surface area contributed by atoms with Crippen LogP contribution in [0.1, 0.15) is 38.5 Å². The molecule has 1 saturated carbocycles. The molecule has 1 aliphatic carbocycles. The van der Waals surface area contributed by atoms with Crippen LogP contribution in [-0.4, -0.2) is 57.4 Å². The summed E-state index contributed by atoms with van der Waals surface area (Å²) in [6.07, 6.45) is 8.25. The van der Waals surface area contributed by atoms with Gasteiger partial charge < -0.3 is 20.4 Å². The minimum Gasteiger partial charge on any atom is -0.338 e. The summed E-state index contributed by atoms with van der Waals surface area (Å²) in [7, 11) is 0. The van der Waals surface area contributed by atoms with E-state index in [-0.39, 0.29) is 18.4 Å². The molecule has 2 amide bonds. The summed E-state index contributed by atoms with van der Waals surface area (Å²) in [6.45, 7) is 1.19. The van der Waals surface area contributed by atoms with Gasteiger partial charge in [-0.25, -0.2) is 4.98 Å². The van der Waals surface area contributed by atoms with Crippen LogP contribution < -0.4 is 10.6 Å². The number of piperazine rings is 1. The van der Waals surface area contributed by atoms with Crippen molar-refractivity contribution in [2.45, 2.75) is 44.6 Å². The fourth-order valence-electron chi connectivity index (χ4n) is 5.31. The summed E-state index contributed by atoms with van der Waals surface area (Å²) < 4.78 is 0. The van der Waals surface area contributed by atoms with Gasteiger partial charge in [0.05, 0.1) is 6.54 Å². The van der Waals surface area contributed by atoms with Gasteiger partial charge in [-0.15, -0.1) is 11.3 Å². The lowest BCUT2D eigenvalue weighted by Crippen LogP contribution is -2.59. The second kappa shape index (κ2) is 11.3. The lowest BCUT2D eigenvalue weighted by molar-refractivity contribution is -0.142. The Kier molecular flexibility index (Phi) is 7.77. The number of amides is 2. The summed E-state index contributed by atoms with van der Waals surface area (Å²) in [5.41, 5.74) is 0.922. The quantitative estimate of drug-likeness (QED) is 0.439. The highest BCUT2D eigenvalue weighted by Crippen LogP contribution is 2.30. The van der Waals surface area contributed by atoms with E-state index in [0.29, 0.717) is 35.7 Å². The molecule has 5 rings (SSSR count). The number of aromatic nitrogens is 1. The molecule has 188 valence electrons. The lowest BCUT2D eigenvalue weighted by atomic mass is 9.84. The standard InChI is InChI=1S/C27H31N5O2S2/c33-24-18-31(27(35)29-22-12-6-10-20-9-4-5-11-21(20)22)14-15-32(24)23(17-19-7-2-1-3-8-19)25(34)30-26-28-13-16-36-26/h4-6,9-13,16,19,23H,1-3,7-8,14-15,17-18H2,(H,29,35)(H,28,30,34)/t23-/m0/s1. The highest BCUT2D eigenvalue weighted by atomic mass is 32.1. The molecule has 2 aromatic carbocycles. The first-order valence-electron chi connectivity index (χ1n) is 12.6. The molecule has 1 aromatic heterocycles. The third-order valence-corrected chi connectivity index (χ3v) is 8.25. The number of nitrogens with zero attached hydrogens (tertiary/aromatic N) is 3. The van der Waals surface area contributed by atoms with E-state index in [0.717, 1.165) is 29.3 Å². The second-order valence-corrected chi connectivity index (χ2v) is 10.8. The Bertz CT molecular complexity index is 1220. The number of fused-ring (bicyclic) bond motifs is 1. The van der Waals surface area contributed by atoms with E-state index in [1.807, 2.05) is 34.5 Å². The maximum absolute atomic E-state index is 13.4. The van der Waals surface area contributed by atoms with Gasteiger partial charge in [-0.3, -0.25) is 9.59 Å². The number of rotatable bonds is 6. The van der Waals surface area contributed by atoms with E-state index < -0.39 is 6.04 Å². The van der Waals surface area contributed by atoms with Crippen LogP contribution >= 0.6 is 23.6 Å². The van der Waals surface area contributed by atoms with Crippen LogP contribution in [0, 0.1) is 5.92 Å². The zero-order valence-corrected chi connectivity index (χ0v) is 21.8. The Labute approximate surface area is 220 Å². The van der Waals surface area contributed by atoms with Gasteiger partial charge in [0.15, 0.2) is 10.2 Å². The molecule has 2 heterocycles. The average Bonchev–Trinajstić information content (AvgIpc) is 3.41. The first kappa shape index (κ1) is 24.6. The fourth-order valence-corrected chi connectivity index (χ4v) is 6.10. The maximum atomic E-state index is 13.4. The number of thiocarbonyl (C=S) groups is 1. The minimum absolute atomic E-state index is 0.0709. The Balaban J connectivity index is 1.27. The predicted molar refractivity (Wildman–Crippen MR) is 149 cm³/mol. The van der Waals surface area contributed by atoms with Crippen molar-refractivity contribution < 1.29 is 9.59 Å². The van der Waals surface area contributed by atoms with Gasteiger partial charge in [0, 0.05) is 35.7 Å². The molecule has 0 spiro atoms. The molecule has 36 heavy (non-hydrogen) atoms. The van der Waals surface area contributed by atoms with E-state index in [9.17, 15) is 9.59 Å². The van der Waals surface area contributed by atoms with Crippen molar-refractivity contribution in [2.24, 2.45) is 5.92 Å². The number of anilines is 2. The van der Waals surface area contributed by atoms with Crippen molar-refractivity contribution in [1.82, 2.24) is 14.8 Å². The van der Waals surface area contributed by atoms with E-state index >= 15 is 0 Å². The third-order valence-electron chi connectivity index (χ3n) is 7.20. The van der Waals surface area contributed by atoms with Gasteiger partial charge in [-0.2, -0.15) is 0 Å². The molecular weight excluding hydrogens is 490 g/mol. The topological polar surface area (TPSA) is 77.6 Å². The SMILES string of the molecule is O=C(Nc1nccs1)[C@H](CC1CCCCC1)N1CCN(C(=S)Nc2cccc3ccccc23)CC1=O.